The Bertz CT molecular complexity index is 1050. The highest BCUT2D eigenvalue weighted by Gasteiger charge is 2.23. The van der Waals surface area contributed by atoms with Crippen molar-refractivity contribution in [2.75, 3.05) is 13.7 Å². The van der Waals surface area contributed by atoms with Gasteiger partial charge in [0, 0.05) is 7.11 Å². The van der Waals surface area contributed by atoms with Crippen molar-refractivity contribution >= 4 is 17.1 Å². The number of carbonyl (C=O) groups is 1. The number of fused-ring (bicyclic) bond motifs is 1. The summed E-state index contributed by atoms with van der Waals surface area (Å²) in [5.41, 5.74) is 0.124. The number of hydrogen-bond acceptors (Lipinski definition) is 4. The molecule has 0 saturated heterocycles. The fourth-order valence-corrected chi connectivity index (χ4v) is 2.85. The molecule has 2 heterocycles. The highest BCUT2D eigenvalue weighted by molar-refractivity contribution is 5.68. The van der Waals surface area contributed by atoms with E-state index in [0.29, 0.717) is 18.8 Å². The standard InChI is InChI=1S/C17H18N4O5/c1-26-8-7-19-11-18-15-14(19)16(24)21(10-13(22)23)17(25)20(15)9-12-5-3-2-4-6-12/h2-6,11H,7-10H2,1H3,(H,22,23)/p+1. The van der Waals surface area contributed by atoms with Gasteiger partial charge in [-0.2, -0.15) is 0 Å². The quantitative estimate of drug-likeness (QED) is 0.556. The number of carboxylic acid groups (broad SMARTS) is 1. The molecular weight excluding hydrogens is 340 g/mol. The third-order valence-corrected chi connectivity index (χ3v) is 4.06. The molecule has 3 rings (SSSR count). The van der Waals surface area contributed by atoms with Crippen molar-refractivity contribution in [1.82, 2.24) is 14.1 Å². The fourth-order valence-electron chi connectivity index (χ4n) is 2.85. The maximum absolute atomic E-state index is 12.8. The fraction of sp³-hybridized carbons (Fsp3) is 0.294. The zero-order valence-corrected chi connectivity index (χ0v) is 14.2. The summed E-state index contributed by atoms with van der Waals surface area (Å²) in [6, 6.07) is 9.26. The molecule has 9 nitrogen and oxygen atoms in total. The van der Waals surface area contributed by atoms with Crippen LogP contribution in [0.4, 0.5) is 0 Å². The number of imidazole rings is 1. The second kappa shape index (κ2) is 7.36. The first-order valence-corrected chi connectivity index (χ1v) is 8.01. The van der Waals surface area contributed by atoms with Crippen molar-refractivity contribution in [3.8, 4) is 0 Å². The first kappa shape index (κ1) is 17.6. The van der Waals surface area contributed by atoms with E-state index in [1.807, 2.05) is 30.3 Å². The van der Waals surface area contributed by atoms with Crippen LogP contribution in [0.2, 0.25) is 0 Å². The molecule has 0 aliphatic rings. The van der Waals surface area contributed by atoms with Crippen LogP contribution in [-0.4, -0.2) is 38.9 Å². The van der Waals surface area contributed by atoms with Gasteiger partial charge in [0.15, 0.2) is 0 Å². The van der Waals surface area contributed by atoms with Crippen LogP contribution in [0.3, 0.4) is 0 Å². The van der Waals surface area contributed by atoms with E-state index in [2.05, 4.69) is 4.98 Å². The van der Waals surface area contributed by atoms with Gasteiger partial charge >= 0.3 is 17.2 Å². The van der Waals surface area contributed by atoms with Gasteiger partial charge in [-0.15, -0.1) is 0 Å². The van der Waals surface area contributed by atoms with E-state index in [1.54, 1.807) is 18.0 Å². The van der Waals surface area contributed by atoms with Crippen molar-refractivity contribution in [1.29, 1.82) is 0 Å². The van der Waals surface area contributed by atoms with Crippen LogP contribution >= 0.6 is 0 Å². The Morgan fingerprint density at radius 2 is 1.96 bits per heavy atom. The summed E-state index contributed by atoms with van der Waals surface area (Å²) < 4.78 is 8.78. The Morgan fingerprint density at radius 3 is 2.62 bits per heavy atom. The molecule has 2 aromatic heterocycles. The third kappa shape index (κ3) is 3.29. The zero-order chi connectivity index (χ0) is 18.7. The number of methoxy groups -OCH3 is 1. The lowest BCUT2D eigenvalue weighted by Gasteiger charge is -2.09. The third-order valence-electron chi connectivity index (χ3n) is 4.06. The molecule has 26 heavy (non-hydrogen) atoms. The Balaban J connectivity index is 2.24. The number of aromatic nitrogens is 4. The van der Waals surface area contributed by atoms with E-state index in [4.69, 9.17) is 9.84 Å². The normalized spacial score (nSPS) is 11.1. The summed E-state index contributed by atoms with van der Waals surface area (Å²) in [6.07, 6.45) is 1.58. The molecule has 0 radical (unpaired) electrons. The molecule has 1 aromatic carbocycles. The molecule has 136 valence electrons. The largest absolute Gasteiger partial charge is 0.480 e. The minimum absolute atomic E-state index is 0.209. The number of hydrogen-bond donors (Lipinski definition) is 2. The smallest absolute Gasteiger partial charge is 0.335 e. The van der Waals surface area contributed by atoms with Crippen LogP contribution in [0.1, 0.15) is 5.56 Å². The molecule has 0 amide bonds. The number of carboxylic acids is 1. The molecule has 0 aliphatic heterocycles. The highest BCUT2D eigenvalue weighted by Crippen LogP contribution is 2.06. The summed E-state index contributed by atoms with van der Waals surface area (Å²) in [5, 5.41) is 9.09. The van der Waals surface area contributed by atoms with Gasteiger partial charge in [0.2, 0.25) is 6.33 Å². The van der Waals surface area contributed by atoms with E-state index >= 15 is 0 Å². The molecule has 0 aliphatic carbocycles. The summed E-state index contributed by atoms with van der Waals surface area (Å²) >= 11 is 0. The lowest BCUT2D eigenvalue weighted by molar-refractivity contribution is -0.673. The Labute approximate surface area is 147 Å². The van der Waals surface area contributed by atoms with Crippen LogP contribution in [0, 0.1) is 0 Å². The van der Waals surface area contributed by atoms with Crippen LogP contribution in [0.25, 0.3) is 11.2 Å². The maximum Gasteiger partial charge on any atom is 0.335 e. The van der Waals surface area contributed by atoms with E-state index < -0.39 is 23.8 Å². The SMILES string of the molecule is COCC[n+]1c[nH]c2c1c(=O)n(CC(=O)O)c(=O)n2Cc1ccccc1. The molecule has 0 unspecified atom stereocenters. The van der Waals surface area contributed by atoms with Crippen molar-refractivity contribution in [2.45, 2.75) is 19.6 Å². The monoisotopic (exact) mass is 359 g/mol. The number of H-pyrrole nitrogens is 1. The van der Waals surface area contributed by atoms with Gasteiger partial charge in [-0.3, -0.25) is 14.2 Å². The molecular formula is C17H19N4O5+. The molecule has 0 atom stereocenters. The Morgan fingerprint density at radius 1 is 1.23 bits per heavy atom. The highest BCUT2D eigenvalue weighted by atomic mass is 16.5. The summed E-state index contributed by atoms with van der Waals surface area (Å²) in [5.74, 6) is -1.26. The lowest BCUT2D eigenvalue weighted by Crippen LogP contribution is -2.46. The molecule has 0 saturated carbocycles. The average molecular weight is 359 g/mol. The van der Waals surface area contributed by atoms with Crippen LogP contribution in [0.5, 0.6) is 0 Å². The summed E-state index contributed by atoms with van der Waals surface area (Å²) in [7, 11) is 1.55. The maximum atomic E-state index is 12.8. The minimum atomic E-state index is -1.26. The number of rotatable bonds is 7. The van der Waals surface area contributed by atoms with E-state index in [9.17, 15) is 14.4 Å². The first-order chi connectivity index (χ1) is 12.5. The number of aromatic amines is 1. The van der Waals surface area contributed by atoms with Crippen LogP contribution in [-0.2, 0) is 29.2 Å². The van der Waals surface area contributed by atoms with Gasteiger partial charge in [-0.1, -0.05) is 30.3 Å². The molecule has 3 aromatic rings. The number of ether oxygens (including phenoxy) is 1. The van der Waals surface area contributed by atoms with Gasteiger partial charge in [-0.05, 0) is 5.56 Å². The molecule has 0 spiro atoms. The number of nitrogens with zero attached hydrogens (tertiary/aromatic N) is 3. The second-order valence-electron chi connectivity index (χ2n) is 5.80. The first-order valence-electron chi connectivity index (χ1n) is 8.01. The van der Waals surface area contributed by atoms with E-state index in [0.717, 1.165) is 10.1 Å². The minimum Gasteiger partial charge on any atom is -0.480 e. The predicted molar refractivity (Wildman–Crippen MR) is 92.1 cm³/mol. The molecule has 0 fully saturated rings. The van der Waals surface area contributed by atoms with E-state index in [-0.39, 0.29) is 12.1 Å². The van der Waals surface area contributed by atoms with Gasteiger partial charge < -0.3 is 9.84 Å². The average Bonchev–Trinajstić information content (AvgIpc) is 3.05. The topological polar surface area (TPSA) is 110 Å². The van der Waals surface area contributed by atoms with Crippen molar-refractivity contribution < 1.29 is 19.2 Å². The zero-order valence-electron chi connectivity index (χ0n) is 14.2. The van der Waals surface area contributed by atoms with Crippen LogP contribution in [0.15, 0.2) is 46.2 Å². The van der Waals surface area contributed by atoms with Gasteiger partial charge in [-0.25, -0.2) is 18.9 Å². The lowest BCUT2D eigenvalue weighted by atomic mass is 10.2. The van der Waals surface area contributed by atoms with Gasteiger partial charge in [0.05, 0.1) is 13.2 Å². The summed E-state index contributed by atoms with van der Waals surface area (Å²) in [6.45, 7) is 0.273. The van der Waals surface area contributed by atoms with Crippen molar-refractivity contribution in [3.63, 3.8) is 0 Å². The molecule has 2 N–H and O–H groups in total. The summed E-state index contributed by atoms with van der Waals surface area (Å²) in [4.78, 5) is 39.6. The Kier molecular flexibility index (Phi) is 4.99. The number of aliphatic carboxylic acids is 1. The molecule has 0 bridgehead atoms. The Hall–Kier alpha value is -3.20. The molecule has 9 heteroatoms. The number of nitrogens with one attached hydrogen (secondary N) is 1. The van der Waals surface area contributed by atoms with E-state index in [1.165, 1.54) is 4.57 Å². The van der Waals surface area contributed by atoms with Gasteiger partial charge in [0.25, 0.3) is 11.2 Å². The van der Waals surface area contributed by atoms with Crippen molar-refractivity contribution in [2.24, 2.45) is 0 Å². The predicted octanol–water partition coefficient (Wildman–Crippen LogP) is -0.442. The van der Waals surface area contributed by atoms with Gasteiger partial charge in [0.1, 0.15) is 13.1 Å². The second-order valence-corrected chi connectivity index (χ2v) is 5.80. The van der Waals surface area contributed by atoms with Crippen molar-refractivity contribution in [3.05, 3.63) is 63.1 Å². The van der Waals surface area contributed by atoms with Crippen LogP contribution < -0.4 is 15.8 Å². The number of benzene rings is 1.